The molecule has 1 saturated heterocycles. The fraction of sp³-hybridized carbons (Fsp3) is 0.462. The van der Waals surface area contributed by atoms with E-state index in [-0.39, 0.29) is 0 Å². The van der Waals surface area contributed by atoms with Gasteiger partial charge in [0.1, 0.15) is 0 Å². The average Bonchev–Trinajstić information content (AvgIpc) is 2.87. The van der Waals surface area contributed by atoms with Gasteiger partial charge in [-0.05, 0) is 31.9 Å². The smallest absolute Gasteiger partial charge is 0.0959 e. The van der Waals surface area contributed by atoms with E-state index in [1.54, 1.807) is 0 Å². The van der Waals surface area contributed by atoms with Crippen molar-refractivity contribution in [1.29, 1.82) is 0 Å². The van der Waals surface area contributed by atoms with Crippen LogP contribution >= 0.6 is 0 Å². The van der Waals surface area contributed by atoms with Crippen molar-refractivity contribution in [2.24, 2.45) is 0 Å². The summed E-state index contributed by atoms with van der Waals surface area (Å²) >= 11 is 0. The number of nitrogens with zero attached hydrogens (tertiary/aromatic N) is 2. The lowest BCUT2D eigenvalue weighted by Gasteiger charge is -2.12. The second-order valence-electron chi connectivity index (χ2n) is 4.53. The van der Waals surface area contributed by atoms with Crippen LogP contribution in [0.4, 0.5) is 0 Å². The molecule has 2 atom stereocenters. The Hall–Kier alpha value is -1.35. The molecule has 0 radical (unpaired) electrons. The molecule has 3 nitrogen and oxygen atoms in total. The lowest BCUT2D eigenvalue weighted by Crippen LogP contribution is -2.15. The van der Waals surface area contributed by atoms with Crippen LogP contribution < -0.4 is 0 Å². The van der Waals surface area contributed by atoms with Gasteiger partial charge in [0.15, 0.2) is 0 Å². The molecule has 3 heteroatoms. The standard InChI is InChI=1S/C13H16N2O/c1-10-6-7-11(16-10)8-15-9-14-12-4-2-3-5-13(12)15/h2-5,9-11H,6-8H2,1H3. The van der Waals surface area contributed by atoms with E-state index in [0.29, 0.717) is 12.2 Å². The summed E-state index contributed by atoms with van der Waals surface area (Å²) in [6, 6.07) is 8.23. The van der Waals surface area contributed by atoms with Crippen molar-refractivity contribution >= 4 is 11.0 Å². The van der Waals surface area contributed by atoms with Crippen molar-refractivity contribution in [3.8, 4) is 0 Å². The Morgan fingerprint density at radius 1 is 1.38 bits per heavy atom. The van der Waals surface area contributed by atoms with E-state index in [4.69, 9.17) is 4.74 Å². The van der Waals surface area contributed by atoms with Gasteiger partial charge in [-0.3, -0.25) is 0 Å². The van der Waals surface area contributed by atoms with E-state index in [1.807, 2.05) is 18.5 Å². The minimum atomic E-state index is 0.354. The van der Waals surface area contributed by atoms with E-state index >= 15 is 0 Å². The zero-order valence-electron chi connectivity index (χ0n) is 9.47. The molecule has 2 aromatic rings. The Kier molecular flexibility index (Phi) is 2.40. The Morgan fingerprint density at radius 3 is 3.06 bits per heavy atom. The van der Waals surface area contributed by atoms with Crippen molar-refractivity contribution in [2.75, 3.05) is 0 Å². The Morgan fingerprint density at radius 2 is 2.25 bits per heavy atom. The van der Waals surface area contributed by atoms with Gasteiger partial charge in [0.25, 0.3) is 0 Å². The largest absolute Gasteiger partial charge is 0.373 e. The summed E-state index contributed by atoms with van der Waals surface area (Å²) in [4.78, 5) is 4.39. The number of imidazole rings is 1. The second kappa shape index (κ2) is 3.91. The van der Waals surface area contributed by atoms with E-state index in [2.05, 4.69) is 28.6 Å². The van der Waals surface area contributed by atoms with Crippen LogP contribution in [0.25, 0.3) is 11.0 Å². The van der Waals surface area contributed by atoms with Gasteiger partial charge >= 0.3 is 0 Å². The number of rotatable bonds is 2. The molecule has 0 aliphatic carbocycles. The molecule has 84 valence electrons. The number of para-hydroxylation sites is 2. The maximum Gasteiger partial charge on any atom is 0.0959 e. The molecule has 2 unspecified atom stereocenters. The first-order valence-electron chi connectivity index (χ1n) is 5.88. The number of hydrogen-bond donors (Lipinski definition) is 0. The highest BCUT2D eigenvalue weighted by Gasteiger charge is 2.22. The molecule has 0 amide bonds. The van der Waals surface area contributed by atoms with Gasteiger partial charge in [0, 0.05) is 0 Å². The van der Waals surface area contributed by atoms with Crippen molar-refractivity contribution in [3.05, 3.63) is 30.6 Å². The molecule has 2 heterocycles. The molecule has 0 bridgehead atoms. The predicted molar refractivity (Wildman–Crippen MR) is 63.3 cm³/mol. The van der Waals surface area contributed by atoms with Crippen molar-refractivity contribution in [3.63, 3.8) is 0 Å². The van der Waals surface area contributed by atoms with Crippen LogP contribution in [0, 0.1) is 0 Å². The molecule has 0 spiro atoms. The van der Waals surface area contributed by atoms with Crippen LogP contribution in [0.15, 0.2) is 30.6 Å². The number of ether oxygens (including phenoxy) is 1. The van der Waals surface area contributed by atoms with Gasteiger partial charge in [0.05, 0.1) is 36.1 Å². The van der Waals surface area contributed by atoms with Gasteiger partial charge in [-0.1, -0.05) is 12.1 Å². The number of benzene rings is 1. The monoisotopic (exact) mass is 216 g/mol. The van der Waals surface area contributed by atoms with Crippen molar-refractivity contribution < 1.29 is 4.74 Å². The first-order chi connectivity index (χ1) is 7.83. The molecule has 1 aliphatic heterocycles. The van der Waals surface area contributed by atoms with Crippen LogP contribution in [0.5, 0.6) is 0 Å². The molecular formula is C13H16N2O. The highest BCUT2D eigenvalue weighted by Crippen LogP contribution is 2.22. The van der Waals surface area contributed by atoms with E-state index in [9.17, 15) is 0 Å². The Bertz CT molecular complexity index is 491. The molecular weight excluding hydrogens is 200 g/mol. The van der Waals surface area contributed by atoms with Crippen molar-refractivity contribution in [1.82, 2.24) is 9.55 Å². The Labute approximate surface area is 95.0 Å². The Balaban J connectivity index is 1.84. The molecule has 1 aromatic heterocycles. The van der Waals surface area contributed by atoms with Gasteiger partial charge in [0.2, 0.25) is 0 Å². The fourth-order valence-electron chi connectivity index (χ4n) is 2.39. The molecule has 0 N–H and O–H groups in total. The lowest BCUT2D eigenvalue weighted by molar-refractivity contribution is 0.0464. The first-order valence-corrected chi connectivity index (χ1v) is 5.88. The van der Waals surface area contributed by atoms with Gasteiger partial charge in [-0.2, -0.15) is 0 Å². The topological polar surface area (TPSA) is 27.1 Å². The zero-order valence-corrected chi connectivity index (χ0v) is 9.47. The summed E-state index contributed by atoms with van der Waals surface area (Å²) in [5.74, 6) is 0. The maximum absolute atomic E-state index is 5.83. The van der Waals surface area contributed by atoms with Crippen LogP contribution in [0.3, 0.4) is 0 Å². The van der Waals surface area contributed by atoms with Crippen LogP contribution in [0.1, 0.15) is 19.8 Å². The fourth-order valence-corrected chi connectivity index (χ4v) is 2.39. The average molecular weight is 216 g/mol. The molecule has 1 fully saturated rings. The lowest BCUT2D eigenvalue weighted by atomic mass is 10.2. The number of fused-ring (bicyclic) bond motifs is 1. The quantitative estimate of drug-likeness (QED) is 0.771. The normalized spacial score (nSPS) is 25.3. The summed E-state index contributed by atoms with van der Waals surface area (Å²) in [5.41, 5.74) is 2.26. The summed E-state index contributed by atoms with van der Waals surface area (Å²) < 4.78 is 8.03. The van der Waals surface area contributed by atoms with E-state index in [1.165, 1.54) is 11.9 Å². The third-order valence-corrected chi connectivity index (χ3v) is 3.25. The summed E-state index contributed by atoms with van der Waals surface area (Å²) in [5, 5.41) is 0. The summed E-state index contributed by atoms with van der Waals surface area (Å²) in [6.45, 7) is 3.07. The summed E-state index contributed by atoms with van der Waals surface area (Å²) in [6.07, 6.45) is 5.02. The molecule has 0 saturated carbocycles. The van der Waals surface area contributed by atoms with Crippen LogP contribution in [0.2, 0.25) is 0 Å². The predicted octanol–water partition coefficient (Wildman–Crippen LogP) is 2.60. The van der Waals surface area contributed by atoms with E-state index < -0.39 is 0 Å². The minimum absolute atomic E-state index is 0.354. The molecule has 3 rings (SSSR count). The third kappa shape index (κ3) is 1.71. The van der Waals surface area contributed by atoms with Crippen LogP contribution in [-0.4, -0.2) is 21.8 Å². The number of hydrogen-bond acceptors (Lipinski definition) is 2. The van der Waals surface area contributed by atoms with Gasteiger partial charge in [-0.15, -0.1) is 0 Å². The molecule has 1 aliphatic rings. The molecule has 1 aromatic carbocycles. The third-order valence-electron chi connectivity index (χ3n) is 3.25. The molecule has 16 heavy (non-hydrogen) atoms. The van der Waals surface area contributed by atoms with Crippen molar-refractivity contribution in [2.45, 2.75) is 38.5 Å². The highest BCUT2D eigenvalue weighted by molar-refractivity contribution is 5.74. The van der Waals surface area contributed by atoms with E-state index in [0.717, 1.165) is 18.5 Å². The van der Waals surface area contributed by atoms with Gasteiger partial charge in [-0.25, -0.2) is 4.98 Å². The maximum atomic E-state index is 5.83. The number of aromatic nitrogens is 2. The summed E-state index contributed by atoms with van der Waals surface area (Å²) in [7, 11) is 0. The SMILES string of the molecule is CC1CCC(Cn2cnc3ccccc32)O1. The zero-order chi connectivity index (χ0) is 11.0. The van der Waals surface area contributed by atoms with Gasteiger partial charge < -0.3 is 9.30 Å². The second-order valence-corrected chi connectivity index (χ2v) is 4.53. The van der Waals surface area contributed by atoms with Crippen LogP contribution in [-0.2, 0) is 11.3 Å². The highest BCUT2D eigenvalue weighted by atomic mass is 16.5. The minimum Gasteiger partial charge on any atom is -0.373 e. The first kappa shape index (κ1) is 9.85.